The van der Waals surface area contributed by atoms with Crippen molar-refractivity contribution in [1.29, 1.82) is 0 Å². The minimum atomic E-state index is 0.170. The average Bonchev–Trinajstić information content (AvgIpc) is 2.16. The first-order chi connectivity index (χ1) is 6.61. The molecule has 0 aliphatic rings. The predicted octanol–water partition coefficient (Wildman–Crippen LogP) is 1.05. The molecule has 0 aromatic rings. The van der Waals surface area contributed by atoms with Gasteiger partial charge in [-0.2, -0.15) is 11.8 Å². The molecule has 0 fully saturated rings. The van der Waals surface area contributed by atoms with Crippen molar-refractivity contribution in [1.82, 2.24) is 10.2 Å². The SMILES string of the molecule is CCN(C)C(=O)CNCC(C)CSC. The van der Waals surface area contributed by atoms with Crippen LogP contribution in [0.5, 0.6) is 0 Å². The minimum Gasteiger partial charge on any atom is -0.345 e. The Morgan fingerprint density at radius 3 is 2.71 bits per heavy atom. The molecule has 0 heterocycles. The molecule has 14 heavy (non-hydrogen) atoms. The van der Waals surface area contributed by atoms with Gasteiger partial charge in [0.15, 0.2) is 0 Å². The van der Waals surface area contributed by atoms with E-state index >= 15 is 0 Å². The average molecular weight is 218 g/mol. The van der Waals surface area contributed by atoms with Gasteiger partial charge in [0.1, 0.15) is 0 Å². The highest BCUT2D eigenvalue weighted by molar-refractivity contribution is 7.98. The van der Waals surface area contributed by atoms with Gasteiger partial charge in [-0.1, -0.05) is 6.92 Å². The highest BCUT2D eigenvalue weighted by Crippen LogP contribution is 2.02. The van der Waals surface area contributed by atoms with E-state index in [-0.39, 0.29) is 5.91 Å². The van der Waals surface area contributed by atoms with Gasteiger partial charge in [-0.05, 0) is 31.4 Å². The molecule has 0 rings (SSSR count). The Morgan fingerprint density at radius 1 is 1.57 bits per heavy atom. The van der Waals surface area contributed by atoms with Crippen molar-refractivity contribution < 1.29 is 4.79 Å². The van der Waals surface area contributed by atoms with E-state index in [4.69, 9.17) is 0 Å². The van der Waals surface area contributed by atoms with Crippen LogP contribution in [-0.4, -0.2) is 49.5 Å². The molecule has 3 nitrogen and oxygen atoms in total. The molecule has 0 aromatic heterocycles. The van der Waals surface area contributed by atoms with E-state index in [1.54, 1.807) is 4.90 Å². The fourth-order valence-corrected chi connectivity index (χ4v) is 1.77. The van der Waals surface area contributed by atoms with Gasteiger partial charge in [0, 0.05) is 13.6 Å². The molecule has 1 N–H and O–H groups in total. The van der Waals surface area contributed by atoms with Crippen LogP contribution in [0.15, 0.2) is 0 Å². The van der Waals surface area contributed by atoms with Crippen molar-refractivity contribution in [2.24, 2.45) is 5.92 Å². The van der Waals surface area contributed by atoms with E-state index in [9.17, 15) is 4.79 Å². The fraction of sp³-hybridized carbons (Fsp3) is 0.900. The summed E-state index contributed by atoms with van der Waals surface area (Å²) in [4.78, 5) is 13.1. The lowest BCUT2D eigenvalue weighted by atomic mass is 10.2. The second kappa shape index (κ2) is 8.12. The second-order valence-corrected chi connectivity index (χ2v) is 4.51. The summed E-state index contributed by atoms with van der Waals surface area (Å²) in [6.07, 6.45) is 2.10. The molecule has 1 atom stereocenters. The first-order valence-corrected chi connectivity index (χ1v) is 6.44. The number of carbonyl (C=O) groups excluding carboxylic acids is 1. The van der Waals surface area contributed by atoms with Gasteiger partial charge >= 0.3 is 0 Å². The summed E-state index contributed by atoms with van der Waals surface area (Å²) in [5, 5.41) is 3.18. The van der Waals surface area contributed by atoms with Crippen molar-refractivity contribution in [3.63, 3.8) is 0 Å². The summed E-state index contributed by atoms with van der Waals surface area (Å²) in [6, 6.07) is 0. The Balaban J connectivity index is 3.48. The Bertz CT molecular complexity index is 164. The maximum Gasteiger partial charge on any atom is 0.236 e. The van der Waals surface area contributed by atoms with Crippen LogP contribution in [0.4, 0.5) is 0 Å². The Labute approximate surface area is 91.6 Å². The van der Waals surface area contributed by atoms with Crippen molar-refractivity contribution in [2.45, 2.75) is 13.8 Å². The van der Waals surface area contributed by atoms with Gasteiger partial charge in [0.05, 0.1) is 6.54 Å². The first-order valence-electron chi connectivity index (χ1n) is 5.05. The van der Waals surface area contributed by atoms with Crippen LogP contribution in [0.25, 0.3) is 0 Å². The van der Waals surface area contributed by atoms with Gasteiger partial charge in [-0.25, -0.2) is 0 Å². The van der Waals surface area contributed by atoms with Gasteiger partial charge in [0.25, 0.3) is 0 Å². The lowest BCUT2D eigenvalue weighted by molar-refractivity contribution is -0.128. The monoisotopic (exact) mass is 218 g/mol. The normalized spacial score (nSPS) is 12.6. The Kier molecular flexibility index (Phi) is 7.99. The van der Waals surface area contributed by atoms with Crippen LogP contribution >= 0.6 is 11.8 Å². The Morgan fingerprint density at radius 2 is 2.21 bits per heavy atom. The maximum atomic E-state index is 11.4. The topological polar surface area (TPSA) is 32.3 Å². The molecular formula is C10H22N2OS. The summed E-state index contributed by atoms with van der Waals surface area (Å²) in [7, 11) is 1.83. The van der Waals surface area contributed by atoms with Crippen LogP contribution in [-0.2, 0) is 4.79 Å². The van der Waals surface area contributed by atoms with E-state index in [2.05, 4.69) is 18.5 Å². The maximum absolute atomic E-state index is 11.4. The van der Waals surface area contributed by atoms with E-state index < -0.39 is 0 Å². The predicted molar refractivity (Wildman–Crippen MR) is 63.7 cm³/mol. The number of hydrogen-bond acceptors (Lipinski definition) is 3. The van der Waals surface area contributed by atoms with Crippen molar-refractivity contribution in [3.05, 3.63) is 0 Å². The van der Waals surface area contributed by atoms with Crippen LogP contribution in [0.1, 0.15) is 13.8 Å². The molecule has 4 heteroatoms. The van der Waals surface area contributed by atoms with Crippen LogP contribution < -0.4 is 5.32 Å². The molecule has 0 saturated heterocycles. The number of hydrogen-bond donors (Lipinski definition) is 1. The third kappa shape index (κ3) is 6.27. The highest BCUT2D eigenvalue weighted by atomic mass is 32.2. The third-order valence-corrected chi connectivity index (χ3v) is 3.02. The first kappa shape index (κ1) is 13.8. The minimum absolute atomic E-state index is 0.170. The molecule has 0 aliphatic heterocycles. The summed E-state index contributed by atoms with van der Waals surface area (Å²) >= 11 is 1.84. The van der Waals surface area contributed by atoms with E-state index in [0.717, 1.165) is 18.8 Å². The lowest BCUT2D eigenvalue weighted by Crippen LogP contribution is -2.37. The summed E-state index contributed by atoms with van der Waals surface area (Å²) in [6.45, 7) is 6.33. The van der Waals surface area contributed by atoms with E-state index in [1.165, 1.54) is 0 Å². The zero-order valence-electron chi connectivity index (χ0n) is 9.67. The van der Waals surface area contributed by atoms with Gasteiger partial charge < -0.3 is 10.2 Å². The van der Waals surface area contributed by atoms with Crippen molar-refractivity contribution in [3.8, 4) is 0 Å². The summed E-state index contributed by atoms with van der Waals surface area (Å²) < 4.78 is 0. The highest BCUT2D eigenvalue weighted by Gasteiger charge is 2.06. The largest absolute Gasteiger partial charge is 0.345 e. The quantitative estimate of drug-likeness (QED) is 0.693. The number of thioether (sulfide) groups is 1. The molecule has 1 amide bonds. The molecule has 1 unspecified atom stereocenters. The van der Waals surface area contributed by atoms with Crippen LogP contribution in [0.3, 0.4) is 0 Å². The number of likely N-dealkylation sites (N-methyl/N-ethyl adjacent to an activating group) is 1. The van der Waals surface area contributed by atoms with Gasteiger partial charge in [0.2, 0.25) is 5.91 Å². The summed E-state index contributed by atoms with van der Waals surface area (Å²) in [5.74, 6) is 1.94. The number of rotatable bonds is 7. The molecule has 0 spiro atoms. The van der Waals surface area contributed by atoms with E-state index in [1.807, 2.05) is 25.7 Å². The van der Waals surface area contributed by atoms with Gasteiger partial charge in [-0.3, -0.25) is 4.79 Å². The lowest BCUT2D eigenvalue weighted by Gasteiger charge is -2.16. The Hall–Kier alpha value is -0.220. The molecule has 0 bridgehead atoms. The molecule has 0 aromatic carbocycles. The van der Waals surface area contributed by atoms with Gasteiger partial charge in [-0.15, -0.1) is 0 Å². The number of nitrogens with one attached hydrogen (secondary N) is 1. The molecule has 0 saturated carbocycles. The zero-order chi connectivity index (χ0) is 11.0. The molecule has 0 aliphatic carbocycles. The van der Waals surface area contributed by atoms with Crippen molar-refractivity contribution >= 4 is 17.7 Å². The molecule has 84 valence electrons. The standard InChI is InChI=1S/C10H22N2OS/c1-5-12(3)10(13)7-11-6-9(2)8-14-4/h9,11H,5-8H2,1-4H3. The summed E-state index contributed by atoms with van der Waals surface area (Å²) in [5.41, 5.74) is 0. The number of nitrogens with zero attached hydrogens (tertiary/aromatic N) is 1. The van der Waals surface area contributed by atoms with Crippen molar-refractivity contribution in [2.75, 3.05) is 38.7 Å². The number of carbonyl (C=O) groups is 1. The third-order valence-electron chi connectivity index (χ3n) is 2.12. The second-order valence-electron chi connectivity index (χ2n) is 3.60. The zero-order valence-corrected chi connectivity index (χ0v) is 10.5. The van der Waals surface area contributed by atoms with E-state index in [0.29, 0.717) is 12.5 Å². The fourth-order valence-electron chi connectivity index (χ4n) is 1.08. The smallest absolute Gasteiger partial charge is 0.236 e. The molecule has 0 radical (unpaired) electrons. The van der Waals surface area contributed by atoms with Crippen LogP contribution in [0.2, 0.25) is 0 Å². The molecular weight excluding hydrogens is 196 g/mol. The number of amides is 1. The van der Waals surface area contributed by atoms with Crippen LogP contribution in [0, 0.1) is 5.92 Å².